The molecule has 2 heterocycles. The molecule has 2 fully saturated rings. The molecule has 104 valence electrons. The van der Waals surface area contributed by atoms with Crippen molar-refractivity contribution >= 4 is 38.9 Å². The highest BCUT2D eigenvalue weighted by molar-refractivity contribution is 7.91. The van der Waals surface area contributed by atoms with E-state index in [0.717, 1.165) is 24.2 Å². The molecule has 3 rings (SSSR count). The van der Waals surface area contributed by atoms with Crippen molar-refractivity contribution in [1.29, 1.82) is 0 Å². The number of carbonyl (C=O) groups excluding carboxylic acids is 1. The highest BCUT2D eigenvalue weighted by Gasteiger charge is 2.40. The zero-order valence-electron chi connectivity index (χ0n) is 10.0. The van der Waals surface area contributed by atoms with Gasteiger partial charge in [0, 0.05) is 25.0 Å². The standard InChI is InChI=1S/C11H13ClN2O3S2/c12-9-3-4-11(18-9)19(16,17)13-7-5-10(15)14(6-7)8-1-2-8/h3-4,7-8,13H,1-2,5-6H2. The molecule has 1 atom stereocenters. The van der Waals surface area contributed by atoms with E-state index in [1.54, 1.807) is 11.0 Å². The summed E-state index contributed by atoms with van der Waals surface area (Å²) in [5, 5.41) is 0. The molecule has 1 aliphatic heterocycles. The third-order valence-corrected chi connectivity index (χ3v) is 6.52. The van der Waals surface area contributed by atoms with E-state index in [9.17, 15) is 13.2 Å². The van der Waals surface area contributed by atoms with Crippen LogP contribution in [0, 0.1) is 0 Å². The van der Waals surface area contributed by atoms with E-state index >= 15 is 0 Å². The van der Waals surface area contributed by atoms with Crippen LogP contribution in [0.3, 0.4) is 0 Å². The van der Waals surface area contributed by atoms with Gasteiger partial charge in [0.05, 0.1) is 4.34 Å². The van der Waals surface area contributed by atoms with Gasteiger partial charge in [-0.05, 0) is 25.0 Å². The molecule has 8 heteroatoms. The van der Waals surface area contributed by atoms with Gasteiger partial charge in [-0.25, -0.2) is 13.1 Å². The van der Waals surface area contributed by atoms with E-state index in [-0.39, 0.29) is 22.6 Å². The SMILES string of the molecule is O=C1CC(NS(=O)(=O)c2ccc(Cl)s2)CN1C1CC1. The largest absolute Gasteiger partial charge is 0.338 e. The van der Waals surface area contributed by atoms with Gasteiger partial charge in [0.1, 0.15) is 4.21 Å². The Hall–Kier alpha value is -0.630. The van der Waals surface area contributed by atoms with Crippen LogP contribution in [0.2, 0.25) is 4.34 Å². The van der Waals surface area contributed by atoms with Crippen LogP contribution >= 0.6 is 22.9 Å². The first kappa shape index (κ1) is 13.4. The van der Waals surface area contributed by atoms with Gasteiger partial charge in [-0.2, -0.15) is 0 Å². The van der Waals surface area contributed by atoms with Crippen LogP contribution < -0.4 is 4.72 Å². The maximum absolute atomic E-state index is 12.1. The highest BCUT2D eigenvalue weighted by atomic mass is 35.5. The van der Waals surface area contributed by atoms with Gasteiger partial charge >= 0.3 is 0 Å². The van der Waals surface area contributed by atoms with Gasteiger partial charge in [0.25, 0.3) is 0 Å². The Balaban J connectivity index is 1.70. The van der Waals surface area contributed by atoms with Crippen molar-refractivity contribution in [3.05, 3.63) is 16.5 Å². The van der Waals surface area contributed by atoms with E-state index in [2.05, 4.69) is 4.72 Å². The smallest absolute Gasteiger partial charge is 0.250 e. The van der Waals surface area contributed by atoms with Crippen molar-refractivity contribution in [3.8, 4) is 0 Å². The topological polar surface area (TPSA) is 66.5 Å². The van der Waals surface area contributed by atoms with Crippen LogP contribution in [0.15, 0.2) is 16.3 Å². The Labute approximate surface area is 120 Å². The third kappa shape index (κ3) is 2.79. The number of sulfonamides is 1. The maximum atomic E-state index is 12.1. The Morgan fingerprint density at radius 3 is 2.68 bits per heavy atom. The fraction of sp³-hybridized carbons (Fsp3) is 0.545. The molecule has 0 radical (unpaired) electrons. The van der Waals surface area contributed by atoms with Crippen LogP contribution in [-0.4, -0.2) is 37.9 Å². The summed E-state index contributed by atoms with van der Waals surface area (Å²) in [4.78, 5) is 13.6. The molecule has 0 aromatic carbocycles. The second-order valence-electron chi connectivity index (χ2n) is 4.86. The van der Waals surface area contributed by atoms with Crippen LogP contribution in [0.25, 0.3) is 0 Å². The minimum atomic E-state index is -3.57. The first-order valence-electron chi connectivity index (χ1n) is 6.03. The van der Waals surface area contributed by atoms with E-state index in [0.29, 0.717) is 16.9 Å². The maximum Gasteiger partial charge on any atom is 0.250 e. The third-order valence-electron chi connectivity index (χ3n) is 3.28. The first-order chi connectivity index (χ1) is 8.95. The zero-order chi connectivity index (χ0) is 13.6. The van der Waals surface area contributed by atoms with Crippen LogP contribution in [-0.2, 0) is 14.8 Å². The van der Waals surface area contributed by atoms with E-state index in [4.69, 9.17) is 11.6 Å². The molecule has 0 spiro atoms. The summed E-state index contributed by atoms with van der Waals surface area (Å²) >= 11 is 6.76. The van der Waals surface area contributed by atoms with Crippen molar-refractivity contribution in [2.24, 2.45) is 0 Å². The van der Waals surface area contributed by atoms with Crippen molar-refractivity contribution in [2.75, 3.05) is 6.54 Å². The zero-order valence-corrected chi connectivity index (χ0v) is 12.4. The van der Waals surface area contributed by atoms with Crippen molar-refractivity contribution in [3.63, 3.8) is 0 Å². The predicted octanol–water partition coefficient (Wildman–Crippen LogP) is 1.44. The summed E-state index contributed by atoms with van der Waals surface area (Å²) in [6, 6.07) is 3.03. The van der Waals surface area contributed by atoms with Gasteiger partial charge in [-0.3, -0.25) is 4.79 Å². The van der Waals surface area contributed by atoms with Gasteiger partial charge < -0.3 is 4.90 Å². The molecule has 2 aliphatic rings. The molecule has 19 heavy (non-hydrogen) atoms. The highest BCUT2D eigenvalue weighted by Crippen LogP contribution is 2.31. The summed E-state index contributed by atoms with van der Waals surface area (Å²) in [7, 11) is -3.57. The number of amides is 1. The molecule has 1 aromatic rings. The Kier molecular flexibility index (Phi) is 3.33. The summed E-state index contributed by atoms with van der Waals surface area (Å²) in [6.07, 6.45) is 2.31. The predicted molar refractivity (Wildman–Crippen MR) is 72.8 cm³/mol. The summed E-state index contributed by atoms with van der Waals surface area (Å²) in [5.41, 5.74) is 0. The summed E-state index contributed by atoms with van der Waals surface area (Å²) in [5.74, 6) is 0.0411. The second kappa shape index (κ2) is 4.73. The van der Waals surface area contributed by atoms with Crippen molar-refractivity contribution in [1.82, 2.24) is 9.62 Å². The molecular formula is C11H13ClN2O3S2. The quantitative estimate of drug-likeness (QED) is 0.913. The summed E-state index contributed by atoms with van der Waals surface area (Å²) < 4.78 is 27.4. The minimum absolute atomic E-state index is 0.0411. The first-order valence-corrected chi connectivity index (χ1v) is 8.70. The molecule has 1 saturated carbocycles. The monoisotopic (exact) mass is 320 g/mol. The van der Waals surface area contributed by atoms with Crippen LogP contribution in [0.1, 0.15) is 19.3 Å². The molecule has 1 aromatic heterocycles. The van der Waals surface area contributed by atoms with Gasteiger partial charge in [-0.15, -0.1) is 11.3 Å². The lowest BCUT2D eigenvalue weighted by Gasteiger charge is -2.15. The number of hydrogen-bond acceptors (Lipinski definition) is 4. The number of halogens is 1. The molecule has 1 amide bonds. The molecular weight excluding hydrogens is 308 g/mol. The lowest BCUT2D eigenvalue weighted by molar-refractivity contribution is -0.128. The van der Waals surface area contributed by atoms with E-state index < -0.39 is 10.0 Å². The molecule has 1 N–H and O–H groups in total. The van der Waals surface area contributed by atoms with E-state index in [1.807, 2.05) is 0 Å². The number of likely N-dealkylation sites (tertiary alicyclic amines) is 1. The molecule has 0 bridgehead atoms. The molecule has 1 unspecified atom stereocenters. The molecule has 1 saturated heterocycles. The Bertz CT molecular complexity index is 609. The van der Waals surface area contributed by atoms with Crippen molar-refractivity contribution in [2.45, 2.75) is 35.6 Å². The lowest BCUT2D eigenvalue weighted by Crippen LogP contribution is -2.37. The second-order valence-corrected chi connectivity index (χ2v) is 8.51. The lowest BCUT2D eigenvalue weighted by atomic mass is 10.3. The number of hydrogen-bond donors (Lipinski definition) is 1. The fourth-order valence-corrected chi connectivity index (χ4v) is 5.00. The number of carbonyl (C=O) groups is 1. The fourth-order valence-electron chi connectivity index (χ4n) is 2.27. The Morgan fingerprint density at radius 1 is 1.37 bits per heavy atom. The summed E-state index contributed by atoms with van der Waals surface area (Å²) in [6.45, 7) is 0.474. The van der Waals surface area contributed by atoms with Gasteiger partial charge in [0.15, 0.2) is 0 Å². The van der Waals surface area contributed by atoms with E-state index in [1.165, 1.54) is 6.07 Å². The number of rotatable bonds is 4. The van der Waals surface area contributed by atoms with Crippen LogP contribution in [0.5, 0.6) is 0 Å². The number of nitrogens with zero attached hydrogens (tertiary/aromatic N) is 1. The number of thiophene rings is 1. The number of nitrogens with one attached hydrogen (secondary N) is 1. The molecule has 5 nitrogen and oxygen atoms in total. The van der Waals surface area contributed by atoms with Gasteiger partial charge in [-0.1, -0.05) is 11.6 Å². The normalized spacial score (nSPS) is 24.2. The van der Waals surface area contributed by atoms with Crippen LogP contribution in [0.4, 0.5) is 0 Å². The van der Waals surface area contributed by atoms with Crippen molar-refractivity contribution < 1.29 is 13.2 Å². The molecule has 1 aliphatic carbocycles. The minimum Gasteiger partial charge on any atom is -0.338 e. The average Bonchev–Trinajstić information content (AvgIpc) is 2.96. The Morgan fingerprint density at radius 2 is 2.11 bits per heavy atom. The average molecular weight is 321 g/mol. The van der Waals surface area contributed by atoms with Gasteiger partial charge in [0.2, 0.25) is 15.9 Å².